The standard InChI is InChI=1S/C13H9F3N2O2/c14-13(15,16)8-4-5-9(10-3-1-2-6-17-10)11(7-8)18-12(19)20/h1-7,18H,(H,19,20). The van der Waals surface area contributed by atoms with Crippen molar-refractivity contribution < 1.29 is 23.1 Å². The van der Waals surface area contributed by atoms with Gasteiger partial charge in [0.1, 0.15) is 0 Å². The summed E-state index contributed by atoms with van der Waals surface area (Å²) < 4.78 is 37.9. The molecule has 7 heteroatoms. The lowest BCUT2D eigenvalue weighted by Crippen LogP contribution is -2.11. The smallest absolute Gasteiger partial charge is 0.416 e. The fourth-order valence-electron chi connectivity index (χ4n) is 1.68. The van der Waals surface area contributed by atoms with Gasteiger partial charge in [0.15, 0.2) is 0 Å². The average Bonchev–Trinajstić information content (AvgIpc) is 2.38. The molecule has 2 aromatic rings. The second kappa shape index (κ2) is 5.20. The Balaban J connectivity index is 2.54. The van der Waals surface area contributed by atoms with E-state index in [-0.39, 0.29) is 11.3 Å². The van der Waals surface area contributed by atoms with E-state index in [9.17, 15) is 18.0 Å². The van der Waals surface area contributed by atoms with Crippen LogP contribution in [0.5, 0.6) is 0 Å². The maximum absolute atomic E-state index is 12.6. The summed E-state index contributed by atoms with van der Waals surface area (Å²) in [4.78, 5) is 14.7. The Kier molecular flexibility index (Phi) is 3.60. The van der Waals surface area contributed by atoms with E-state index in [4.69, 9.17) is 5.11 Å². The minimum atomic E-state index is -4.54. The predicted molar refractivity (Wildman–Crippen MR) is 66.3 cm³/mol. The third-order valence-electron chi connectivity index (χ3n) is 2.53. The van der Waals surface area contributed by atoms with Crippen molar-refractivity contribution in [2.45, 2.75) is 6.18 Å². The second-order valence-corrected chi connectivity index (χ2v) is 3.90. The van der Waals surface area contributed by atoms with Gasteiger partial charge in [0.25, 0.3) is 0 Å². The van der Waals surface area contributed by atoms with Gasteiger partial charge in [-0.2, -0.15) is 13.2 Å². The number of aromatic nitrogens is 1. The van der Waals surface area contributed by atoms with E-state index in [1.807, 2.05) is 5.32 Å². The topological polar surface area (TPSA) is 62.2 Å². The molecule has 0 atom stereocenters. The number of pyridine rings is 1. The molecule has 2 rings (SSSR count). The van der Waals surface area contributed by atoms with Gasteiger partial charge in [-0.3, -0.25) is 10.3 Å². The van der Waals surface area contributed by atoms with Gasteiger partial charge >= 0.3 is 12.3 Å². The van der Waals surface area contributed by atoms with Gasteiger partial charge in [-0.15, -0.1) is 0 Å². The van der Waals surface area contributed by atoms with Crippen molar-refractivity contribution in [1.82, 2.24) is 4.98 Å². The zero-order valence-corrected chi connectivity index (χ0v) is 9.98. The molecule has 2 N–H and O–H groups in total. The number of carboxylic acid groups (broad SMARTS) is 1. The number of alkyl halides is 3. The van der Waals surface area contributed by atoms with Crippen molar-refractivity contribution in [3.8, 4) is 11.3 Å². The summed E-state index contributed by atoms with van der Waals surface area (Å²) in [6.45, 7) is 0. The van der Waals surface area contributed by atoms with Gasteiger partial charge in [-0.25, -0.2) is 4.79 Å². The summed E-state index contributed by atoms with van der Waals surface area (Å²) in [5.41, 5.74) is -0.432. The predicted octanol–water partition coefficient (Wildman–Crippen LogP) is 3.86. The highest BCUT2D eigenvalue weighted by Gasteiger charge is 2.31. The Labute approximate surface area is 111 Å². The van der Waals surface area contributed by atoms with Crippen molar-refractivity contribution >= 4 is 11.8 Å². The zero-order valence-electron chi connectivity index (χ0n) is 9.98. The molecule has 0 bridgehead atoms. The van der Waals surface area contributed by atoms with Crippen LogP contribution in [0.4, 0.5) is 23.7 Å². The number of anilines is 1. The molecule has 0 fully saturated rings. The largest absolute Gasteiger partial charge is 0.465 e. The lowest BCUT2D eigenvalue weighted by molar-refractivity contribution is -0.137. The van der Waals surface area contributed by atoms with E-state index in [2.05, 4.69) is 4.98 Å². The Bertz CT molecular complexity index is 627. The number of nitrogens with one attached hydrogen (secondary N) is 1. The van der Waals surface area contributed by atoms with Gasteiger partial charge in [0.2, 0.25) is 0 Å². The Morgan fingerprint density at radius 3 is 2.50 bits per heavy atom. The highest BCUT2D eigenvalue weighted by molar-refractivity contribution is 5.90. The summed E-state index contributed by atoms with van der Waals surface area (Å²) in [5, 5.41) is 10.7. The van der Waals surface area contributed by atoms with Gasteiger partial charge in [-0.1, -0.05) is 12.1 Å². The quantitative estimate of drug-likeness (QED) is 0.879. The van der Waals surface area contributed by atoms with E-state index < -0.39 is 17.8 Å². The molecule has 4 nitrogen and oxygen atoms in total. The molecule has 1 aromatic carbocycles. The van der Waals surface area contributed by atoms with Crippen molar-refractivity contribution in [2.75, 3.05) is 5.32 Å². The molecule has 104 valence electrons. The number of rotatable bonds is 2. The normalized spacial score (nSPS) is 11.2. The second-order valence-electron chi connectivity index (χ2n) is 3.90. The van der Waals surface area contributed by atoms with Gasteiger partial charge < -0.3 is 5.11 Å². The van der Waals surface area contributed by atoms with E-state index in [0.29, 0.717) is 5.69 Å². The molecule has 0 radical (unpaired) electrons. The molecular formula is C13H9F3N2O2. The molecule has 0 spiro atoms. The van der Waals surface area contributed by atoms with Crippen LogP contribution in [-0.2, 0) is 6.18 Å². The number of halogens is 3. The zero-order chi connectivity index (χ0) is 14.8. The summed E-state index contributed by atoms with van der Waals surface area (Å²) in [6, 6.07) is 7.71. The van der Waals surface area contributed by atoms with E-state index in [0.717, 1.165) is 12.1 Å². The molecule has 20 heavy (non-hydrogen) atoms. The van der Waals surface area contributed by atoms with Gasteiger partial charge in [-0.05, 0) is 24.3 Å². The maximum Gasteiger partial charge on any atom is 0.416 e. The Morgan fingerprint density at radius 2 is 1.95 bits per heavy atom. The van der Waals surface area contributed by atoms with E-state index >= 15 is 0 Å². The van der Waals surface area contributed by atoms with Crippen LogP contribution >= 0.6 is 0 Å². The molecule has 1 amide bonds. The summed E-state index contributed by atoms with van der Waals surface area (Å²) in [5.74, 6) is 0. The van der Waals surface area contributed by atoms with Crippen LogP contribution in [0.25, 0.3) is 11.3 Å². The third kappa shape index (κ3) is 3.05. The Hall–Kier alpha value is -2.57. The highest BCUT2D eigenvalue weighted by atomic mass is 19.4. The van der Waals surface area contributed by atoms with E-state index in [1.165, 1.54) is 12.3 Å². The first-order valence-corrected chi connectivity index (χ1v) is 5.50. The first-order valence-electron chi connectivity index (χ1n) is 5.50. The molecule has 1 heterocycles. The first kappa shape index (κ1) is 13.9. The maximum atomic E-state index is 12.6. The van der Waals surface area contributed by atoms with Crippen LogP contribution in [0.2, 0.25) is 0 Å². The fourth-order valence-corrected chi connectivity index (χ4v) is 1.68. The molecule has 0 aliphatic carbocycles. The molecule has 0 unspecified atom stereocenters. The molecule has 0 aliphatic heterocycles. The molecular weight excluding hydrogens is 273 g/mol. The van der Waals surface area contributed by atoms with Crippen LogP contribution in [0.15, 0.2) is 42.6 Å². The average molecular weight is 282 g/mol. The van der Waals surface area contributed by atoms with Crippen LogP contribution < -0.4 is 5.32 Å². The number of amides is 1. The van der Waals surface area contributed by atoms with Gasteiger partial charge in [0.05, 0.1) is 16.9 Å². The molecule has 0 saturated carbocycles. The van der Waals surface area contributed by atoms with Crippen molar-refractivity contribution in [3.63, 3.8) is 0 Å². The van der Waals surface area contributed by atoms with Crippen molar-refractivity contribution in [2.24, 2.45) is 0 Å². The third-order valence-corrected chi connectivity index (χ3v) is 2.53. The minimum Gasteiger partial charge on any atom is -0.465 e. The molecule has 0 aliphatic rings. The monoisotopic (exact) mass is 282 g/mol. The number of hydrogen-bond donors (Lipinski definition) is 2. The van der Waals surface area contributed by atoms with Crippen LogP contribution in [-0.4, -0.2) is 16.2 Å². The fraction of sp³-hybridized carbons (Fsp3) is 0.0769. The van der Waals surface area contributed by atoms with Crippen LogP contribution in [0.3, 0.4) is 0 Å². The lowest BCUT2D eigenvalue weighted by atomic mass is 10.1. The first-order chi connectivity index (χ1) is 9.38. The summed E-state index contributed by atoms with van der Waals surface area (Å²) in [7, 11) is 0. The molecule has 1 aromatic heterocycles. The molecule has 0 saturated heterocycles. The summed E-state index contributed by atoms with van der Waals surface area (Å²) >= 11 is 0. The number of nitrogens with zero attached hydrogens (tertiary/aromatic N) is 1. The number of hydrogen-bond acceptors (Lipinski definition) is 2. The minimum absolute atomic E-state index is 0.161. The van der Waals surface area contributed by atoms with Crippen LogP contribution in [0.1, 0.15) is 5.56 Å². The SMILES string of the molecule is O=C(O)Nc1cc(C(F)(F)F)ccc1-c1ccccn1. The number of benzene rings is 1. The lowest BCUT2D eigenvalue weighted by Gasteiger charge is -2.13. The van der Waals surface area contributed by atoms with Crippen LogP contribution in [0, 0.1) is 0 Å². The van der Waals surface area contributed by atoms with E-state index in [1.54, 1.807) is 18.2 Å². The summed E-state index contributed by atoms with van der Waals surface area (Å²) in [6.07, 6.45) is -4.52. The number of carbonyl (C=O) groups is 1. The van der Waals surface area contributed by atoms with Crippen molar-refractivity contribution in [3.05, 3.63) is 48.2 Å². The van der Waals surface area contributed by atoms with Crippen molar-refractivity contribution in [1.29, 1.82) is 0 Å². The van der Waals surface area contributed by atoms with Gasteiger partial charge in [0, 0.05) is 11.8 Å². The highest BCUT2D eigenvalue weighted by Crippen LogP contribution is 2.35. The Morgan fingerprint density at radius 1 is 1.20 bits per heavy atom.